The highest BCUT2D eigenvalue weighted by Gasteiger charge is 2.29. The van der Waals surface area contributed by atoms with Crippen molar-refractivity contribution in [1.29, 1.82) is 0 Å². The van der Waals surface area contributed by atoms with Crippen molar-refractivity contribution in [2.45, 2.75) is 46.1 Å². The molecule has 1 amide bonds. The molecule has 1 unspecified atom stereocenters. The Kier molecular flexibility index (Phi) is 4.98. The van der Waals surface area contributed by atoms with Crippen LogP contribution in [0.5, 0.6) is 0 Å². The van der Waals surface area contributed by atoms with Gasteiger partial charge in [-0.2, -0.15) is 5.10 Å². The lowest BCUT2D eigenvalue weighted by Crippen LogP contribution is -2.30. The summed E-state index contributed by atoms with van der Waals surface area (Å²) in [5.74, 6) is -0.452. The van der Waals surface area contributed by atoms with Gasteiger partial charge in [0.15, 0.2) is 0 Å². The first-order chi connectivity index (χ1) is 10.0. The van der Waals surface area contributed by atoms with Gasteiger partial charge in [0.05, 0.1) is 5.69 Å². The van der Waals surface area contributed by atoms with Crippen LogP contribution in [0.15, 0.2) is 6.07 Å². The zero-order valence-electron chi connectivity index (χ0n) is 12.7. The number of carboxylic acids is 1. The molecule has 1 atom stereocenters. The van der Waals surface area contributed by atoms with Crippen molar-refractivity contribution >= 4 is 11.9 Å². The molecule has 116 valence electrons. The summed E-state index contributed by atoms with van der Waals surface area (Å²) in [5, 5.41) is 13.1. The summed E-state index contributed by atoms with van der Waals surface area (Å²) in [6.45, 7) is 6.04. The van der Waals surface area contributed by atoms with Crippen LogP contribution in [-0.4, -0.2) is 44.8 Å². The standard InChI is InChI=1S/C15H23N3O3/c1-3-12-9-13(18(4-2)16-12)15(21)17-8-7-11(10-17)5-6-14(19)20/h9,11H,3-8,10H2,1-2H3,(H,19,20). The zero-order valence-corrected chi connectivity index (χ0v) is 12.7. The number of hydrogen-bond donors (Lipinski definition) is 1. The number of carboxylic acid groups (broad SMARTS) is 1. The summed E-state index contributed by atoms with van der Waals surface area (Å²) in [6, 6.07) is 1.87. The van der Waals surface area contributed by atoms with Gasteiger partial charge in [-0.3, -0.25) is 14.3 Å². The fraction of sp³-hybridized carbons (Fsp3) is 0.667. The van der Waals surface area contributed by atoms with Crippen molar-refractivity contribution in [1.82, 2.24) is 14.7 Å². The molecule has 2 rings (SSSR count). The van der Waals surface area contributed by atoms with E-state index >= 15 is 0 Å². The van der Waals surface area contributed by atoms with Crippen molar-refractivity contribution in [3.8, 4) is 0 Å². The Labute approximate surface area is 124 Å². The summed E-state index contributed by atoms with van der Waals surface area (Å²) in [4.78, 5) is 25.0. The molecule has 6 heteroatoms. The third-order valence-electron chi connectivity index (χ3n) is 4.05. The molecule has 21 heavy (non-hydrogen) atoms. The molecule has 1 aliphatic heterocycles. The molecule has 0 aromatic carbocycles. The van der Waals surface area contributed by atoms with E-state index < -0.39 is 5.97 Å². The zero-order chi connectivity index (χ0) is 15.4. The van der Waals surface area contributed by atoms with Crippen molar-refractivity contribution in [2.24, 2.45) is 5.92 Å². The van der Waals surface area contributed by atoms with Crippen LogP contribution in [0.25, 0.3) is 0 Å². The Bertz CT molecular complexity index is 524. The Morgan fingerprint density at radius 1 is 1.43 bits per heavy atom. The maximum atomic E-state index is 12.6. The molecule has 1 aromatic heterocycles. The fourth-order valence-corrected chi connectivity index (χ4v) is 2.80. The molecule has 0 bridgehead atoms. The number of amides is 1. The summed E-state index contributed by atoms with van der Waals surface area (Å²) in [7, 11) is 0. The molecule has 1 N–H and O–H groups in total. The first-order valence-electron chi connectivity index (χ1n) is 7.62. The average molecular weight is 293 g/mol. The van der Waals surface area contributed by atoms with E-state index in [1.165, 1.54) is 0 Å². The second kappa shape index (κ2) is 6.74. The third kappa shape index (κ3) is 3.62. The predicted octanol–water partition coefficient (Wildman–Crippen LogP) is 1.79. The number of likely N-dealkylation sites (tertiary alicyclic amines) is 1. The van der Waals surface area contributed by atoms with Crippen LogP contribution in [-0.2, 0) is 17.8 Å². The molecule has 1 fully saturated rings. The van der Waals surface area contributed by atoms with Gasteiger partial charge in [0.1, 0.15) is 5.69 Å². The van der Waals surface area contributed by atoms with Gasteiger partial charge in [-0.1, -0.05) is 6.92 Å². The molecule has 0 radical (unpaired) electrons. The van der Waals surface area contributed by atoms with Gasteiger partial charge < -0.3 is 10.0 Å². The number of aliphatic carboxylic acids is 1. The number of hydrogen-bond acceptors (Lipinski definition) is 3. The van der Waals surface area contributed by atoms with Crippen LogP contribution in [0.2, 0.25) is 0 Å². The highest BCUT2D eigenvalue weighted by Crippen LogP contribution is 2.23. The average Bonchev–Trinajstić information content (AvgIpc) is 3.10. The molecular formula is C15H23N3O3. The molecule has 0 saturated carbocycles. The SMILES string of the molecule is CCc1cc(C(=O)N2CCC(CCC(=O)O)C2)n(CC)n1. The van der Waals surface area contributed by atoms with Crippen molar-refractivity contribution in [2.75, 3.05) is 13.1 Å². The number of nitrogens with zero attached hydrogens (tertiary/aromatic N) is 3. The molecule has 6 nitrogen and oxygen atoms in total. The minimum Gasteiger partial charge on any atom is -0.481 e. The van der Waals surface area contributed by atoms with Gasteiger partial charge >= 0.3 is 5.97 Å². The summed E-state index contributed by atoms with van der Waals surface area (Å²) in [6.07, 6.45) is 2.53. The van der Waals surface area contributed by atoms with E-state index in [2.05, 4.69) is 5.10 Å². The van der Waals surface area contributed by atoms with E-state index in [1.54, 1.807) is 4.68 Å². The van der Waals surface area contributed by atoms with Gasteiger partial charge in [0.25, 0.3) is 5.91 Å². The smallest absolute Gasteiger partial charge is 0.303 e. The summed E-state index contributed by atoms with van der Waals surface area (Å²) in [5.41, 5.74) is 1.58. The molecular weight excluding hydrogens is 270 g/mol. The highest BCUT2D eigenvalue weighted by atomic mass is 16.4. The van der Waals surface area contributed by atoms with Crippen molar-refractivity contribution in [3.05, 3.63) is 17.5 Å². The first-order valence-corrected chi connectivity index (χ1v) is 7.62. The number of aryl methyl sites for hydroxylation is 2. The third-order valence-corrected chi connectivity index (χ3v) is 4.05. The topological polar surface area (TPSA) is 75.4 Å². The lowest BCUT2D eigenvalue weighted by atomic mass is 10.0. The lowest BCUT2D eigenvalue weighted by Gasteiger charge is -2.16. The first kappa shape index (κ1) is 15.5. The van der Waals surface area contributed by atoms with Crippen LogP contribution < -0.4 is 0 Å². The number of rotatable bonds is 6. The minimum absolute atomic E-state index is 0.0156. The van der Waals surface area contributed by atoms with Crippen LogP contribution in [0, 0.1) is 5.92 Å². The van der Waals surface area contributed by atoms with Crippen LogP contribution in [0.3, 0.4) is 0 Å². The van der Waals surface area contributed by atoms with Crippen molar-refractivity contribution in [3.63, 3.8) is 0 Å². The molecule has 0 spiro atoms. The van der Waals surface area contributed by atoms with Gasteiger partial charge in [-0.05, 0) is 38.2 Å². The maximum absolute atomic E-state index is 12.6. The largest absolute Gasteiger partial charge is 0.481 e. The second-order valence-corrected chi connectivity index (χ2v) is 5.53. The molecule has 1 saturated heterocycles. The Morgan fingerprint density at radius 3 is 2.81 bits per heavy atom. The quantitative estimate of drug-likeness (QED) is 0.867. The molecule has 1 aliphatic rings. The second-order valence-electron chi connectivity index (χ2n) is 5.53. The van der Waals surface area contributed by atoms with Gasteiger partial charge in [-0.25, -0.2) is 0 Å². The van der Waals surface area contributed by atoms with Crippen LogP contribution in [0.1, 0.15) is 49.3 Å². The van der Waals surface area contributed by atoms with Gasteiger partial charge in [-0.15, -0.1) is 0 Å². The number of carbonyl (C=O) groups excluding carboxylic acids is 1. The van der Waals surface area contributed by atoms with E-state index in [0.717, 1.165) is 18.5 Å². The van der Waals surface area contributed by atoms with E-state index in [4.69, 9.17) is 5.11 Å². The van der Waals surface area contributed by atoms with Crippen molar-refractivity contribution < 1.29 is 14.7 Å². The maximum Gasteiger partial charge on any atom is 0.303 e. The lowest BCUT2D eigenvalue weighted by molar-refractivity contribution is -0.137. The van der Waals surface area contributed by atoms with Gasteiger partial charge in [0.2, 0.25) is 0 Å². The predicted molar refractivity (Wildman–Crippen MR) is 78.2 cm³/mol. The van der Waals surface area contributed by atoms with E-state index in [9.17, 15) is 9.59 Å². The van der Waals surface area contributed by atoms with Crippen LogP contribution in [0.4, 0.5) is 0 Å². The van der Waals surface area contributed by atoms with Gasteiger partial charge in [0, 0.05) is 26.1 Å². The van der Waals surface area contributed by atoms with Crippen LogP contribution >= 0.6 is 0 Å². The highest BCUT2D eigenvalue weighted by molar-refractivity contribution is 5.93. The number of aromatic nitrogens is 2. The van der Waals surface area contributed by atoms with E-state index in [-0.39, 0.29) is 12.3 Å². The Morgan fingerprint density at radius 2 is 2.19 bits per heavy atom. The molecule has 1 aromatic rings. The monoisotopic (exact) mass is 293 g/mol. The minimum atomic E-state index is -0.767. The Hall–Kier alpha value is -1.85. The Balaban J connectivity index is 2.01. The van der Waals surface area contributed by atoms with E-state index in [0.29, 0.717) is 37.7 Å². The summed E-state index contributed by atoms with van der Waals surface area (Å²) >= 11 is 0. The fourth-order valence-electron chi connectivity index (χ4n) is 2.80. The molecule has 2 heterocycles. The summed E-state index contributed by atoms with van der Waals surface area (Å²) < 4.78 is 1.76. The number of carbonyl (C=O) groups is 2. The molecule has 0 aliphatic carbocycles. The normalized spacial score (nSPS) is 18.2. The van der Waals surface area contributed by atoms with E-state index in [1.807, 2.05) is 24.8 Å².